The van der Waals surface area contributed by atoms with Gasteiger partial charge in [0.25, 0.3) is 0 Å². The van der Waals surface area contributed by atoms with Gasteiger partial charge in [0.2, 0.25) is 11.8 Å². The number of carbonyl (C=O) groups is 2. The van der Waals surface area contributed by atoms with Gasteiger partial charge in [-0.1, -0.05) is 18.2 Å². The third-order valence-corrected chi connectivity index (χ3v) is 3.20. The highest BCUT2D eigenvalue weighted by molar-refractivity contribution is 5.97. The first-order valence-corrected chi connectivity index (χ1v) is 6.29. The van der Waals surface area contributed by atoms with E-state index in [1.54, 1.807) is 0 Å². The molecule has 0 saturated carbocycles. The largest absolute Gasteiger partial charge is 0.341 e. The van der Waals surface area contributed by atoms with E-state index in [4.69, 9.17) is 0 Å². The molecule has 18 heavy (non-hydrogen) atoms. The fourth-order valence-corrected chi connectivity index (χ4v) is 2.19. The van der Waals surface area contributed by atoms with E-state index in [2.05, 4.69) is 0 Å². The Morgan fingerprint density at radius 3 is 2.33 bits per heavy atom. The first-order valence-electron chi connectivity index (χ1n) is 6.29. The summed E-state index contributed by atoms with van der Waals surface area (Å²) in [5, 5.41) is 0. The fourth-order valence-electron chi connectivity index (χ4n) is 2.19. The van der Waals surface area contributed by atoms with Crippen molar-refractivity contribution in [2.24, 2.45) is 0 Å². The average Bonchev–Trinajstić information content (AvgIpc) is 2.90. The average molecular weight is 246 g/mol. The number of amides is 2. The van der Waals surface area contributed by atoms with Crippen LogP contribution in [-0.2, 0) is 9.59 Å². The summed E-state index contributed by atoms with van der Waals surface area (Å²) in [5.74, 6) is -0.0692. The van der Waals surface area contributed by atoms with E-state index in [1.165, 1.54) is 11.8 Å². The molecule has 2 amide bonds. The minimum atomic E-state index is -0.103. The maximum absolute atomic E-state index is 12.1. The number of hydrogen-bond acceptors (Lipinski definition) is 2. The second kappa shape index (κ2) is 5.67. The van der Waals surface area contributed by atoms with Crippen molar-refractivity contribution < 1.29 is 9.59 Å². The zero-order valence-corrected chi connectivity index (χ0v) is 10.6. The van der Waals surface area contributed by atoms with Gasteiger partial charge in [-0.2, -0.15) is 0 Å². The van der Waals surface area contributed by atoms with Gasteiger partial charge in [-0.3, -0.25) is 9.59 Å². The van der Waals surface area contributed by atoms with Crippen molar-refractivity contribution in [2.45, 2.75) is 19.8 Å². The van der Waals surface area contributed by atoms with Crippen LogP contribution in [0.4, 0.5) is 5.69 Å². The summed E-state index contributed by atoms with van der Waals surface area (Å²) < 4.78 is 0. The number of hydrogen-bond donors (Lipinski definition) is 0. The molecule has 0 atom stereocenters. The molecule has 0 spiro atoms. The van der Waals surface area contributed by atoms with Crippen LogP contribution in [0.5, 0.6) is 0 Å². The van der Waals surface area contributed by atoms with Gasteiger partial charge >= 0.3 is 0 Å². The van der Waals surface area contributed by atoms with Crippen LogP contribution in [0.1, 0.15) is 19.8 Å². The summed E-state index contributed by atoms with van der Waals surface area (Å²) in [5.41, 5.74) is 0.776. The molecule has 0 bridgehead atoms. The Morgan fingerprint density at radius 1 is 1.17 bits per heavy atom. The molecule has 4 nitrogen and oxygen atoms in total. The molecule has 4 heteroatoms. The van der Waals surface area contributed by atoms with Crippen LogP contribution < -0.4 is 4.90 Å². The molecule has 1 aromatic rings. The van der Waals surface area contributed by atoms with Crippen molar-refractivity contribution in [2.75, 3.05) is 24.5 Å². The van der Waals surface area contributed by atoms with Crippen molar-refractivity contribution >= 4 is 17.5 Å². The highest BCUT2D eigenvalue weighted by Gasteiger charge is 2.22. The standard InChI is InChI=1S/C14H18N2O2/c1-12(17)16(13-7-3-2-4-8-13)11-14(18)15-9-5-6-10-15/h2-4,7-8H,5-6,9-11H2,1H3. The monoisotopic (exact) mass is 246 g/mol. The Morgan fingerprint density at radius 2 is 1.78 bits per heavy atom. The highest BCUT2D eigenvalue weighted by atomic mass is 16.2. The van der Waals surface area contributed by atoms with Gasteiger partial charge < -0.3 is 9.80 Å². The molecule has 1 aromatic carbocycles. The first kappa shape index (κ1) is 12.6. The number of para-hydroxylation sites is 1. The van der Waals surface area contributed by atoms with Gasteiger partial charge in [-0.15, -0.1) is 0 Å². The lowest BCUT2D eigenvalue weighted by Crippen LogP contribution is -2.41. The Kier molecular flexibility index (Phi) is 3.97. The molecule has 0 N–H and O–H groups in total. The second-order valence-electron chi connectivity index (χ2n) is 4.53. The third kappa shape index (κ3) is 2.88. The van der Waals surface area contributed by atoms with E-state index >= 15 is 0 Å². The Balaban J connectivity index is 2.07. The summed E-state index contributed by atoms with van der Waals surface area (Å²) in [6.07, 6.45) is 2.13. The van der Waals surface area contributed by atoms with Crippen LogP contribution in [0.3, 0.4) is 0 Å². The molecule has 1 aliphatic rings. The maximum Gasteiger partial charge on any atom is 0.242 e. The van der Waals surface area contributed by atoms with Crippen LogP contribution in [0.2, 0.25) is 0 Å². The zero-order valence-electron chi connectivity index (χ0n) is 10.6. The number of anilines is 1. The van der Waals surface area contributed by atoms with E-state index in [9.17, 15) is 9.59 Å². The Bertz CT molecular complexity index is 425. The fraction of sp³-hybridized carbons (Fsp3) is 0.429. The predicted octanol–water partition coefficient (Wildman–Crippen LogP) is 1.66. The number of benzene rings is 1. The Labute approximate surface area is 107 Å². The normalized spacial score (nSPS) is 14.6. The minimum Gasteiger partial charge on any atom is -0.341 e. The van der Waals surface area contributed by atoms with E-state index in [0.717, 1.165) is 31.6 Å². The third-order valence-electron chi connectivity index (χ3n) is 3.20. The van der Waals surface area contributed by atoms with Crippen LogP contribution in [-0.4, -0.2) is 36.3 Å². The summed E-state index contributed by atoms with van der Waals surface area (Å²) >= 11 is 0. The lowest BCUT2D eigenvalue weighted by Gasteiger charge is -2.24. The van der Waals surface area contributed by atoms with E-state index < -0.39 is 0 Å². The van der Waals surface area contributed by atoms with Gasteiger partial charge in [0.1, 0.15) is 6.54 Å². The quantitative estimate of drug-likeness (QED) is 0.814. The van der Waals surface area contributed by atoms with Gasteiger partial charge in [0.15, 0.2) is 0 Å². The lowest BCUT2D eigenvalue weighted by molar-refractivity contribution is -0.130. The van der Waals surface area contributed by atoms with E-state index in [0.29, 0.717) is 0 Å². The minimum absolute atomic E-state index is 0.0338. The zero-order chi connectivity index (χ0) is 13.0. The molecule has 1 fully saturated rings. The van der Waals surface area contributed by atoms with Crippen LogP contribution >= 0.6 is 0 Å². The van der Waals surface area contributed by atoms with Crippen LogP contribution in [0.25, 0.3) is 0 Å². The smallest absolute Gasteiger partial charge is 0.242 e. The van der Waals surface area contributed by atoms with Crippen LogP contribution in [0.15, 0.2) is 30.3 Å². The molecular formula is C14H18N2O2. The summed E-state index contributed by atoms with van der Waals surface area (Å²) in [4.78, 5) is 27.1. The first-order chi connectivity index (χ1) is 8.68. The molecule has 1 aliphatic heterocycles. The molecular weight excluding hydrogens is 228 g/mol. The predicted molar refractivity (Wildman–Crippen MR) is 70.3 cm³/mol. The van der Waals surface area contributed by atoms with Gasteiger partial charge in [0.05, 0.1) is 0 Å². The topological polar surface area (TPSA) is 40.6 Å². The molecule has 0 radical (unpaired) electrons. The molecule has 0 unspecified atom stereocenters. The molecule has 0 aliphatic carbocycles. The van der Waals surface area contributed by atoms with Crippen molar-refractivity contribution in [3.05, 3.63) is 30.3 Å². The number of nitrogens with zero attached hydrogens (tertiary/aromatic N) is 2. The summed E-state index contributed by atoms with van der Waals surface area (Å²) in [6.45, 7) is 3.27. The summed E-state index contributed by atoms with van der Waals surface area (Å²) in [7, 11) is 0. The van der Waals surface area contributed by atoms with Gasteiger partial charge in [0, 0.05) is 25.7 Å². The van der Waals surface area contributed by atoms with E-state index in [-0.39, 0.29) is 18.4 Å². The van der Waals surface area contributed by atoms with Gasteiger partial charge in [-0.25, -0.2) is 0 Å². The summed E-state index contributed by atoms with van der Waals surface area (Å²) in [6, 6.07) is 9.32. The molecule has 2 rings (SSSR count). The molecule has 1 heterocycles. The van der Waals surface area contributed by atoms with Crippen molar-refractivity contribution in [3.63, 3.8) is 0 Å². The second-order valence-corrected chi connectivity index (χ2v) is 4.53. The molecule has 96 valence electrons. The highest BCUT2D eigenvalue weighted by Crippen LogP contribution is 2.15. The number of likely N-dealkylation sites (tertiary alicyclic amines) is 1. The number of rotatable bonds is 3. The maximum atomic E-state index is 12.1. The Hall–Kier alpha value is -1.84. The molecule has 1 saturated heterocycles. The molecule has 0 aromatic heterocycles. The van der Waals surface area contributed by atoms with E-state index in [1.807, 2.05) is 35.2 Å². The number of carbonyl (C=O) groups excluding carboxylic acids is 2. The van der Waals surface area contributed by atoms with Gasteiger partial charge in [-0.05, 0) is 25.0 Å². The van der Waals surface area contributed by atoms with Crippen molar-refractivity contribution in [1.29, 1.82) is 0 Å². The van der Waals surface area contributed by atoms with Crippen molar-refractivity contribution in [1.82, 2.24) is 4.90 Å². The van der Waals surface area contributed by atoms with Crippen molar-refractivity contribution in [3.8, 4) is 0 Å². The van der Waals surface area contributed by atoms with Crippen LogP contribution in [0, 0.1) is 0 Å². The lowest BCUT2D eigenvalue weighted by atomic mass is 10.2. The SMILES string of the molecule is CC(=O)N(CC(=O)N1CCCC1)c1ccccc1.